The minimum absolute atomic E-state index is 0.0363. The smallest absolute Gasteiger partial charge is 0.262 e. The van der Waals surface area contributed by atoms with Crippen molar-refractivity contribution in [3.05, 3.63) is 50.8 Å². The number of nitrogens with zero attached hydrogens (tertiary/aromatic N) is 2. The maximum absolute atomic E-state index is 13.0. The number of aliphatic hydroxyl groups is 1. The standard InChI is InChI=1S/C21H25N3O4S/c1-13-17-20(23-16-7-3-2-4-8-24(16)21(17)27)29-18(13)19(26)22-11-14(12-25)10-15-6-5-9-28-15/h5-6,9,14,25H,2-4,7-8,10-12H2,1H3,(H,22,26)/t14-/m0/s1. The molecule has 4 heterocycles. The Labute approximate surface area is 172 Å². The van der Waals surface area contributed by atoms with Crippen LogP contribution in [0.25, 0.3) is 10.2 Å². The molecule has 29 heavy (non-hydrogen) atoms. The highest BCUT2D eigenvalue weighted by Gasteiger charge is 2.23. The maximum Gasteiger partial charge on any atom is 0.262 e. The summed E-state index contributed by atoms with van der Waals surface area (Å²) in [6.07, 6.45) is 6.06. The predicted molar refractivity (Wildman–Crippen MR) is 111 cm³/mol. The number of fused-ring (bicyclic) bond motifs is 2. The van der Waals surface area contributed by atoms with Crippen molar-refractivity contribution in [2.45, 2.75) is 45.6 Å². The molecular formula is C21H25N3O4S. The van der Waals surface area contributed by atoms with Crippen LogP contribution in [-0.4, -0.2) is 33.7 Å². The van der Waals surface area contributed by atoms with Crippen LogP contribution in [0, 0.1) is 12.8 Å². The van der Waals surface area contributed by atoms with E-state index >= 15 is 0 Å². The second kappa shape index (κ2) is 8.51. The molecule has 0 fully saturated rings. The van der Waals surface area contributed by atoms with E-state index in [4.69, 9.17) is 9.40 Å². The number of aromatic nitrogens is 2. The van der Waals surface area contributed by atoms with E-state index in [1.807, 2.05) is 13.0 Å². The average molecular weight is 416 g/mol. The summed E-state index contributed by atoms with van der Waals surface area (Å²) < 4.78 is 7.10. The molecule has 0 unspecified atom stereocenters. The minimum Gasteiger partial charge on any atom is -0.469 e. The lowest BCUT2D eigenvalue weighted by Gasteiger charge is -2.13. The van der Waals surface area contributed by atoms with E-state index < -0.39 is 0 Å². The second-order valence-electron chi connectivity index (χ2n) is 7.57. The number of aryl methyl sites for hydroxylation is 2. The maximum atomic E-state index is 13.0. The Balaban J connectivity index is 1.55. The van der Waals surface area contributed by atoms with E-state index in [2.05, 4.69) is 5.32 Å². The van der Waals surface area contributed by atoms with Gasteiger partial charge in [0.05, 0.1) is 16.5 Å². The Morgan fingerprint density at radius 2 is 2.28 bits per heavy atom. The second-order valence-corrected chi connectivity index (χ2v) is 8.57. The summed E-state index contributed by atoms with van der Waals surface area (Å²) in [5.41, 5.74) is 0.650. The van der Waals surface area contributed by atoms with Crippen LogP contribution in [0.1, 0.15) is 46.1 Å². The van der Waals surface area contributed by atoms with Crippen molar-refractivity contribution in [2.24, 2.45) is 5.92 Å². The van der Waals surface area contributed by atoms with Gasteiger partial charge in [-0.2, -0.15) is 0 Å². The molecule has 154 valence electrons. The number of hydrogen-bond acceptors (Lipinski definition) is 6. The molecular weight excluding hydrogens is 390 g/mol. The Morgan fingerprint density at radius 1 is 1.41 bits per heavy atom. The van der Waals surface area contributed by atoms with Crippen molar-refractivity contribution in [3.63, 3.8) is 0 Å². The van der Waals surface area contributed by atoms with Crippen LogP contribution in [0.4, 0.5) is 0 Å². The van der Waals surface area contributed by atoms with Crippen molar-refractivity contribution in [1.29, 1.82) is 0 Å². The monoisotopic (exact) mass is 415 g/mol. The van der Waals surface area contributed by atoms with Gasteiger partial charge in [0.2, 0.25) is 0 Å². The van der Waals surface area contributed by atoms with Crippen molar-refractivity contribution in [1.82, 2.24) is 14.9 Å². The SMILES string of the molecule is Cc1c(C(=O)NC[C@@H](CO)Cc2ccco2)sc2nc3n(c(=O)c12)CCCCC3. The highest BCUT2D eigenvalue weighted by Crippen LogP contribution is 2.28. The van der Waals surface area contributed by atoms with Crippen LogP contribution in [-0.2, 0) is 19.4 Å². The van der Waals surface area contributed by atoms with Gasteiger partial charge >= 0.3 is 0 Å². The summed E-state index contributed by atoms with van der Waals surface area (Å²) in [6.45, 7) is 2.78. The third kappa shape index (κ3) is 4.00. The van der Waals surface area contributed by atoms with E-state index in [1.54, 1.807) is 16.9 Å². The van der Waals surface area contributed by atoms with Gasteiger partial charge in [-0.1, -0.05) is 6.42 Å². The number of carbonyl (C=O) groups excluding carboxylic acids is 1. The highest BCUT2D eigenvalue weighted by molar-refractivity contribution is 7.20. The van der Waals surface area contributed by atoms with Gasteiger partial charge in [0, 0.05) is 38.5 Å². The Kier molecular flexibility index (Phi) is 5.82. The van der Waals surface area contributed by atoms with Crippen LogP contribution in [0.15, 0.2) is 27.6 Å². The summed E-state index contributed by atoms with van der Waals surface area (Å²) >= 11 is 1.27. The summed E-state index contributed by atoms with van der Waals surface area (Å²) in [4.78, 5) is 31.7. The van der Waals surface area contributed by atoms with Crippen LogP contribution in [0.2, 0.25) is 0 Å². The summed E-state index contributed by atoms with van der Waals surface area (Å²) in [7, 11) is 0. The first-order chi connectivity index (χ1) is 14.1. The largest absolute Gasteiger partial charge is 0.469 e. The van der Waals surface area contributed by atoms with Gasteiger partial charge in [0.25, 0.3) is 11.5 Å². The number of aliphatic hydroxyl groups excluding tert-OH is 1. The number of rotatable bonds is 6. The molecule has 1 aliphatic heterocycles. The first-order valence-electron chi connectivity index (χ1n) is 10.0. The fourth-order valence-electron chi connectivity index (χ4n) is 3.86. The number of nitrogens with one attached hydrogen (secondary N) is 1. The molecule has 0 aromatic carbocycles. The molecule has 3 aromatic heterocycles. The van der Waals surface area contributed by atoms with Crippen molar-refractivity contribution in [2.75, 3.05) is 13.2 Å². The zero-order valence-electron chi connectivity index (χ0n) is 16.4. The number of carbonyl (C=O) groups is 1. The van der Waals surface area contributed by atoms with Gasteiger partial charge in [0.15, 0.2) is 0 Å². The van der Waals surface area contributed by atoms with Crippen LogP contribution < -0.4 is 10.9 Å². The third-order valence-electron chi connectivity index (χ3n) is 5.50. The number of furan rings is 1. The predicted octanol–water partition coefficient (Wildman–Crippen LogP) is 2.67. The first-order valence-corrected chi connectivity index (χ1v) is 10.8. The topological polar surface area (TPSA) is 97.4 Å². The Hall–Kier alpha value is -2.45. The fourth-order valence-corrected chi connectivity index (χ4v) is 4.97. The van der Waals surface area contributed by atoms with Crippen molar-refractivity contribution in [3.8, 4) is 0 Å². The van der Waals surface area contributed by atoms with E-state index in [0.29, 0.717) is 40.2 Å². The van der Waals surface area contributed by atoms with E-state index in [-0.39, 0.29) is 24.0 Å². The van der Waals surface area contributed by atoms with Crippen LogP contribution in [0.3, 0.4) is 0 Å². The lowest BCUT2D eigenvalue weighted by Crippen LogP contribution is -2.31. The molecule has 1 atom stereocenters. The summed E-state index contributed by atoms with van der Waals surface area (Å²) in [6, 6.07) is 3.65. The summed E-state index contributed by atoms with van der Waals surface area (Å²) in [5, 5.41) is 13.1. The molecule has 2 N–H and O–H groups in total. The van der Waals surface area contributed by atoms with Gasteiger partial charge in [-0.05, 0) is 37.5 Å². The minimum atomic E-state index is -0.233. The van der Waals surface area contributed by atoms with Gasteiger partial charge in [-0.25, -0.2) is 4.98 Å². The molecule has 1 aliphatic rings. The van der Waals surface area contributed by atoms with Crippen molar-refractivity contribution >= 4 is 27.5 Å². The first kappa shape index (κ1) is 19.8. The quantitative estimate of drug-likeness (QED) is 0.645. The molecule has 0 aliphatic carbocycles. The molecule has 0 radical (unpaired) electrons. The number of thiophene rings is 1. The molecule has 0 saturated carbocycles. The van der Waals surface area contributed by atoms with Gasteiger partial charge in [-0.15, -0.1) is 11.3 Å². The van der Waals surface area contributed by atoms with Crippen molar-refractivity contribution < 1.29 is 14.3 Å². The van der Waals surface area contributed by atoms with E-state index in [9.17, 15) is 14.7 Å². The zero-order valence-corrected chi connectivity index (χ0v) is 17.3. The molecule has 1 amide bonds. The van der Waals surface area contributed by atoms with Crippen LogP contribution >= 0.6 is 11.3 Å². The molecule has 0 saturated heterocycles. The van der Waals surface area contributed by atoms with Gasteiger partial charge in [-0.3, -0.25) is 14.2 Å². The average Bonchev–Trinajstić information content (AvgIpc) is 3.26. The number of hydrogen-bond donors (Lipinski definition) is 2. The molecule has 8 heteroatoms. The lowest BCUT2D eigenvalue weighted by atomic mass is 10.1. The Morgan fingerprint density at radius 3 is 3.03 bits per heavy atom. The van der Waals surface area contributed by atoms with Gasteiger partial charge in [0.1, 0.15) is 16.4 Å². The Bertz CT molecular complexity index is 1070. The third-order valence-corrected chi connectivity index (χ3v) is 6.68. The zero-order chi connectivity index (χ0) is 20.4. The molecule has 3 aromatic rings. The molecule has 7 nitrogen and oxygen atoms in total. The normalized spacial score (nSPS) is 15.1. The van der Waals surface area contributed by atoms with E-state index in [0.717, 1.165) is 37.3 Å². The highest BCUT2D eigenvalue weighted by atomic mass is 32.1. The molecule has 0 bridgehead atoms. The molecule has 0 spiro atoms. The lowest BCUT2D eigenvalue weighted by molar-refractivity contribution is 0.0942. The fraction of sp³-hybridized carbons (Fsp3) is 0.476. The summed E-state index contributed by atoms with van der Waals surface area (Å²) in [5.74, 6) is 1.23. The van der Waals surface area contributed by atoms with Crippen LogP contribution in [0.5, 0.6) is 0 Å². The number of amides is 1. The van der Waals surface area contributed by atoms with E-state index in [1.165, 1.54) is 11.3 Å². The molecule has 4 rings (SSSR count). The van der Waals surface area contributed by atoms with Gasteiger partial charge < -0.3 is 14.8 Å².